The molecule has 0 radical (unpaired) electrons. The fourth-order valence-corrected chi connectivity index (χ4v) is 1.80. The van der Waals surface area contributed by atoms with E-state index in [1.807, 2.05) is 0 Å². The number of aliphatic carboxylic acids is 2. The van der Waals surface area contributed by atoms with Gasteiger partial charge in [-0.1, -0.05) is 13.8 Å². The number of hydrogen-bond donors (Lipinski definition) is 2. The number of carboxylic acids is 2. The highest BCUT2D eigenvalue weighted by Crippen LogP contribution is 2.39. The molecule has 0 spiro atoms. The second kappa shape index (κ2) is 4.64. The van der Waals surface area contributed by atoms with Gasteiger partial charge in [-0.2, -0.15) is 0 Å². The molecule has 15 heavy (non-hydrogen) atoms. The summed E-state index contributed by atoms with van der Waals surface area (Å²) in [5.74, 6) is -1.85. The summed E-state index contributed by atoms with van der Waals surface area (Å²) in [6.45, 7) is 6.71. The Bertz CT molecular complexity index is 251. The standard InChI is InChI=1S/C11H20O4/c1-5-11(6-2,9(14)15)7-10(3,4)8(12)13/h5-7H2,1-4H3,(H,12,13)(H,14,15). The van der Waals surface area contributed by atoms with Gasteiger partial charge in [-0.25, -0.2) is 0 Å². The Morgan fingerprint density at radius 3 is 1.60 bits per heavy atom. The molecule has 0 amide bonds. The van der Waals surface area contributed by atoms with E-state index in [4.69, 9.17) is 5.11 Å². The van der Waals surface area contributed by atoms with Crippen LogP contribution in [0.5, 0.6) is 0 Å². The Kier molecular flexibility index (Phi) is 4.31. The van der Waals surface area contributed by atoms with E-state index in [1.165, 1.54) is 0 Å². The van der Waals surface area contributed by atoms with Gasteiger partial charge in [0.05, 0.1) is 10.8 Å². The van der Waals surface area contributed by atoms with Crippen molar-refractivity contribution >= 4 is 11.9 Å². The van der Waals surface area contributed by atoms with Crippen molar-refractivity contribution in [3.05, 3.63) is 0 Å². The second-order valence-corrected chi connectivity index (χ2v) is 4.66. The topological polar surface area (TPSA) is 74.6 Å². The summed E-state index contributed by atoms with van der Waals surface area (Å²) in [5, 5.41) is 18.2. The fourth-order valence-electron chi connectivity index (χ4n) is 1.80. The average Bonchev–Trinajstić information content (AvgIpc) is 2.13. The molecule has 2 N–H and O–H groups in total. The number of rotatable bonds is 6. The van der Waals surface area contributed by atoms with Crippen LogP contribution in [0.4, 0.5) is 0 Å². The smallest absolute Gasteiger partial charge is 0.309 e. The molecule has 88 valence electrons. The maximum Gasteiger partial charge on any atom is 0.309 e. The molecule has 0 aromatic heterocycles. The van der Waals surface area contributed by atoms with E-state index in [9.17, 15) is 14.7 Å². The molecule has 0 aliphatic rings. The van der Waals surface area contributed by atoms with Gasteiger partial charge in [0.2, 0.25) is 0 Å². The first kappa shape index (κ1) is 13.9. The van der Waals surface area contributed by atoms with Gasteiger partial charge in [0.25, 0.3) is 0 Å². The van der Waals surface area contributed by atoms with Crippen molar-refractivity contribution < 1.29 is 19.8 Å². The Hall–Kier alpha value is -1.06. The van der Waals surface area contributed by atoms with Gasteiger partial charge in [-0.15, -0.1) is 0 Å². The minimum Gasteiger partial charge on any atom is -0.481 e. The molecule has 0 unspecified atom stereocenters. The van der Waals surface area contributed by atoms with Gasteiger partial charge in [-0.3, -0.25) is 9.59 Å². The van der Waals surface area contributed by atoms with Gasteiger partial charge >= 0.3 is 11.9 Å². The van der Waals surface area contributed by atoms with Crippen molar-refractivity contribution in [2.75, 3.05) is 0 Å². The van der Waals surface area contributed by atoms with Crippen LogP contribution in [0.25, 0.3) is 0 Å². The largest absolute Gasteiger partial charge is 0.481 e. The molecular weight excluding hydrogens is 196 g/mol. The molecule has 0 saturated heterocycles. The van der Waals surface area contributed by atoms with Crippen LogP contribution in [0.2, 0.25) is 0 Å². The van der Waals surface area contributed by atoms with E-state index in [-0.39, 0.29) is 6.42 Å². The molecule has 4 nitrogen and oxygen atoms in total. The highest BCUT2D eigenvalue weighted by Gasteiger charge is 2.43. The van der Waals surface area contributed by atoms with E-state index in [0.29, 0.717) is 12.8 Å². The molecular formula is C11H20O4. The van der Waals surface area contributed by atoms with Crippen LogP contribution >= 0.6 is 0 Å². The zero-order valence-corrected chi connectivity index (χ0v) is 9.83. The lowest BCUT2D eigenvalue weighted by Crippen LogP contribution is -2.38. The van der Waals surface area contributed by atoms with Crippen LogP contribution in [-0.4, -0.2) is 22.2 Å². The summed E-state index contributed by atoms with van der Waals surface area (Å²) in [4.78, 5) is 22.2. The number of carbonyl (C=O) groups is 2. The van der Waals surface area contributed by atoms with Crippen molar-refractivity contribution in [1.82, 2.24) is 0 Å². The molecule has 0 aliphatic carbocycles. The molecule has 0 aromatic rings. The van der Waals surface area contributed by atoms with Gasteiger partial charge in [-0.05, 0) is 33.1 Å². The zero-order valence-electron chi connectivity index (χ0n) is 9.83. The molecule has 0 saturated carbocycles. The van der Waals surface area contributed by atoms with Crippen molar-refractivity contribution in [3.63, 3.8) is 0 Å². The summed E-state index contributed by atoms with van der Waals surface area (Å²) in [6, 6.07) is 0. The van der Waals surface area contributed by atoms with Crippen molar-refractivity contribution in [2.24, 2.45) is 10.8 Å². The third kappa shape index (κ3) is 2.94. The Balaban J connectivity index is 4.99. The Labute approximate surface area is 90.3 Å². The first-order valence-corrected chi connectivity index (χ1v) is 5.18. The van der Waals surface area contributed by atoms with Crippen LogP contribution in [0.15, 0.2) is 0 Å². The SMILES string of the molecule is CCC(CC)(CC(C)(C)C(=O)O)C(=O)O. The Morgan fingerprint density at radius 1 is 1.00 bits per heavy atom. The van der Waals surface area contributed by atoms with E-state index in [0.717, 1.165) is 0 Å². The predicted molar refractivity (Wildman–Crippen MR) is 56.7 cm³/mol. The predicted octanol–water partition coefficient (Wildman–Crippen LogP) is 2.38. The zero-order chi connectivity index (χ0) is 12.3. The van der Waals surface area contributed by atoms with Crippen molar-refractivity contribution in [1.29, 1.82) is 0 Å². The van der Waals surface area contributed by atoms with Gasteiger partial charge < -0.3 is 10.2 Å². The summed E-state index contributed by atoms with van der Waals surface area (Å²) in [6.07, 6.45) is 1.07. The first-order chi connectivity index (χ1) is 6.72. The maximum absolute atomic E-state index is 11.2. The van der Waals surface area contributed by atoms with Crippen molar-refractivity contribution in [2.45, 2.75) is 47.0 Å². The molecule has 0 heterocycles. The van der Waals surface area contributed by atoms with Crippen LogP contribution in [-0.2, 0) is 9.59 Å². The molecule has 0 atom stereocenters. The highest BCUT2D eigenvalue weighted by atomic mass is 16.4. The maximum atomic E-state index is 11.2. The summed E-state index contributed by atoms with van der Waals surface area (Å²) >= 11 is 0. The van der Waals surface area contributed by atoms with Gasteiger partial charge in [0, 0.05) is 0 Å². The van der Waals surface area contributed by atoms with Crippen LogP contribution in [0.1, 0.15) is 47.0 Å². The monoisotopic (exact) mass is 216 g/mol. The minimum absolute atomic E-state index is 0.164. The second-order valence-electron chi connectivity index (χ2n) is 4.66. The third-order valence-electron chi connectivity index (χ3n) is 3.17. The lowest BCUT2D eigenvalue weighted by Gasteiger charge is -2.33. The molecule has 0 rings (SSSR count). The fraction of sp³-hybridized carbons (Fsp3) is 0.818. The molecule has 0 bridgehead atoms. The van der Waals surface area contributed by atoms with E-state index < -0.39 is 22.8 Å². The lowest BCUT2D eigenvalue weighted by molar-refractivity contribution is -0.157. The minimum atomic E-state index is -0.996. The summed E-state index contributed by atoms with van der Waals surface area (Å²) < 4.78 is 0. The average molecular weight is 216 g/mol. The molecule has 0 fully saturated rings. The highest BCUT2D eigenvalue weighted by molar-refractivity contribution is 5.78. The van der Waals surface area contributed by atoms with Crippen molar-refractivity contribution in [3.8, 4) is 0 Å². The number of hydrogen-bond acceptors (Lipinski definition) is 2. The summed E-state index contributed by atoms with van der Waals surface area (Å²) in [5.41, 5.74) is -1.91. The third-order valence-corrected chi connectivity index (χ3v) is 3.17. The van der Waals surface area contributed by atoms with Crippen LogP contribution in [0, 0.1) is 10.8 Å². The van der Waals surface area contributed by atoms with E-state index >= 15 is 0 Å². The normalized spacial score (nSPS) is 12.5. The van der Waals surface area contributed by atoms with Gasteiger partial charge in [0.15, 0.2) is 0 Å². The van der Waals surface area contributed by atoms with Crippen LogP contribution < -0.4 is 0 Å². The summed E-state index contributed by atoms with van der Waals surface area (Å²) in [7, 11) is 0. The lowest BCUT2D eigenvalue weighted by atomic mass is 9.70. The quantitative estimate of drug-likeness (QED) is 0.714. The van der Waals surface area contributed by atoms with Crippen LogP contribution in [0.3, 0.4) is 0 Å². The number of carboxylic acid groups (broad SMARTS) is 2. The molecule has 0 aliphatic heterocycles. The molecule has 0 aromatic carbocycles. The van der Waals surface area contributed by atoms with E-state index in [2.05, 4.69) is 0 Å². The van der Waals surface area contributed by atoms with E-state index in [1.54, 1.807) is 27.7 Å². The first-order valence-electron chi connectivity index (χ1n) is 5.18. The molecule has 4 heteroatoms. The Morgan fingerprint density at radius 2 is 1.40 bits per heavy atom. The van der Waals surface area contributed by atoms with Gasteiger partial charge in [0.1, 0.15) is 0 Å².